The molecule has 4 aromatic carbocycles. The highest BCUT2D eigenvalue weighted by atomic mass is 31.2. The van der Waals surface area contributed by atoms with Gasteiger partial charge in [0.05, 0.1) is 12.3 Å². The molecule has 128 valence electrons. The molecule has 0 amide bonds. The van der Waals surface area contributed by atoms with Crippen LogP contribution in [0.15, 0.2) is 48.5 Å². The Hall–Kier alpha value is -2.13. The predicted molar refractivity (Wildman–Crippen MR) is 102 cm³/mol. The molecule has 25 heavy (non-hydrogen) atoms. The van der Waals surface area contributed by atoms with E-state index in [0.717, 1.165) is 32.3 Å². The van der Waals surface area contributed by atoms with E-state index in [2.05, 4.69) is 12.1 Å². The first kappa shape index (κ1) is 16.3. The number of rotatable bonds is 4. The van der Waals surface area contributed by atoms with E-state index in [4.69, 9.17) is 4.74 Å². The molecule has 4 rings (SSSR count). The maximum atomic E-state index is 11.6. The van der Waals surface area contributed by atoms with Crippen LogP contribution in [-0.4, -0.2) is 15.9 Å². The third kappa shape index (κ3) is 2.87. The van der Waals surface area contributed by atoms with Gasteiger partial charge in [0, 0.05) is 16.3 Å². The lowest BCUT2D eigenvalue weighted by Gasteiger charge is -2.20. The number of hydrogen-bond donors (Lipinski definition) is 2. The normalized spacial score (nSPS) is 12.7. The zero-order valence-electron chi connectivity index (χ0n) is 14.1. The Labute approximate surface area is 145 Å². The van der Waals surface area contributed by atoms with E-state index >= 15 is 0 Å². The summed E-state index contributed by atoms with van der Waals surface area (Å²) < 4.78 is 17.6. The van der Waals surface area contributed by atoms with Gasteiger partial charge < -0.3 is 14.5 Å². The molecular weight excluding hydrogens is 335 g/mol. The summed E-state index contributed by atoms with van der Waals surface area (Å²) in [7, 11) is -4.20. The third-order valence-electron chi connectivity index (χ3n) is 4.40. The molecule has 0 atom stereocenters. The van der Waals surface area contributed by atoms with Gasteiger partial charge in [0.15, 0.2) is 0 Å². The van der Waals surface area contributed by atoms with E-state index in [-0.39, 0.29) is 12.3 Å². The summed E-state index contributed by atoms with van der Waals surface area (Å²) in [5, 5.41) is 6.41. The molecule has 0 aliphatic heterocycles. The van der Waals surface area contributed by atoms with Gasteiger partial charge in [-0.15, -0.1) is 0 Å². The van der Waals surface area contributed by atoms with Gasteiger partial charge in [0.1, 0.15) is 5.75 Å². The van der Waals surface area contributed by atoms with Crippen LogP contribution in [0.3, 0.4) is 0 Å². The first-order valence-corrected chi connectivity index (χ1v) is 10.0. The second-order valence-corrected chi connectivity index (χ2v) is 8.36. The van der Waals surface area contributed by atoms with Crippen molar-refractivity contribution in [1.29, 1.82) is 0 Å². The second kappa shape index (κ2) is 5.70. The Bertz CT molecular complexity index is 1110. The van der Waals surface area contributed by atoms with Crippen molar-refractivity contribution in [1.82, 2.24) is 0 Å². The SMILES string of the molecule is CC(C)Oc1c(CP(=O)(O)O)cc2ccc3cccc4ccc1c2c34. The molecule has 0 radical (unpaired) electrons. The van der Waals surface area contributed by atoms with Crippen molar-refractivity contribution in [3.8, 4) is 5.75 Å². The molecule has 0 spiro atoms. The molecule has 0 aliphatic carbocycles. The summed E-state index contributed by atoms with van der Waals surface area (Å²) in [6.45, 7) is 3.83. The predicted octanol–water partition coefficient (Wildman–Crippen LogP) is 5.05. The molecule has 5 heteroatoms. The molecule has 4 nitrogen and oxygen atoms in total. The lowest BCUT2D eigenvalue weighted by Crippen LogP contribution is -2.08. The Balaban J connectivity index is 2.14. The molecule has 0 saturated carbocycles. The second-order valence-electron chi connectivity index (χ2n) is 6.71. The molecule has 4 aromatic rings. The quantitative estimate of drug-likeness (QED) is 0.398. The topological polar surface area (TPSA) is 66.8 Å². The monoisotopic (exact) mass is 354 g/mol. The molecule has 0 fully saturated rings. The van der Waals surface area contributed by atoms with Gasteiger partial charge in [-0.2, -0.15) is 0 Å². The van der Waals surface area contributed by atoms with Gasteiger partial charge in [-0.3, -0.25) is 4.57 Å². The van der Waals surface area contributed by atoms with E-state index in [1.807, 2.05) is 50.2 Å². The molecular formula is C20H19O4P. The summed E-state index contributed by atoms with van der Waals surface area (Å²) >= 11 is 0. The van der Waals surface area contributed by atoms with Crippen molar-refractivity contribution in [2.45, 2.75) is 26.1 Å². The standard InChI is InChI=1S/C20H19O4P/c1-12(2)24-20-16(11-25(21,22)23)10-15-7-6-13-4-3-5-14-8-9-17(20)19(15)18(13)14/h3-10,12H,11H2,1-2H3,(H2,21,22,23). The van der Waals surface area contributed by atoms with Crippen LogP contribution in [0.5, 0.6) is 5.75 Å². The van der Waals surface area contributed by atoms with Crippen molar-refractivity contribution in [3.63, 3.8) is 0 Å². The smallest absolute Gasteiger partial charge is 0.330 e. The van der Waals surface area contributed by atoms with Crippen molar-refractivity contribution in [2.24, 2.45) is 0 Å². The van der Waals surface area contributed by atoms with E-state index in [9.17, 15) is 14.4 Å². The molecule has 2 N–H and O–H groups in total. The van der Waals surface area contributed by atoms with Crippen LogP contribution in [0.4, 0.5) is 0 Å². The van der Waals surface area contributed by atoms with E-state index < -0.39 is 7.60 Å². The van der Waals surface area contributed by atoms with Gasteiger partial charge in [-0.25, -0.2) is 0 Å². The van der Waals surface area contributed by atoms with Gasteiger partial charge in [0.25, 0.3) is 0 Å². The Morgan fingerprint density at radius 3 is 2.24 bits per heavy atom. The lowest BCUT2D eigenvalue weighted by molar-refractivity contribution is 0.243. The van der Waals surface area contributed by atoms with Crippen LogP contribution in [0.1, 0.15) is 19.4 Å². The maximum Gasteiger partial charge on any atom is 0.330 e. The minimum absolute atomic E-state index is 0.0889. The molecule has 0 saturated heterocycles. The molecule has 0 heterocycles. The van der Waals surface area contributed by atoms with E-state index in [1.54, 1.807) is 0 Å². The van der Waals surface area contributed by atoms with Crippen LogP contribution in [0, 0.1) is 0 Å². The average molecular weight is 354 g/mol. The summed E-state index contributed by atoms with van der Waals surface area (Å²) in [6, 6.07) is 16.1. The zero-order chi connectivity index (χ0) is 17.8. The van der Waals surface area contributed by atoms with Crippen LogP contribution in [-0.2, 0) is 10.7 Å². The van der Waals surface area contributed by atoms with E-state index in [1.165, 1.54) is 0 Å². The summed E-state index contributed by atoms with van der Waals surface area (Å²) in [6.07, 6.45) is -0.417. The first-order valence-electron chi connectivity index (χ1n) is 8.24. The van der Waals surface area contributed by atoms with Crippen molar-refractivity contribution < 1.29 is 19.1 Å². The summed E-state index contributed by atoms with van der Waals surface area (Å²) in [5.41, 5.74) is 0.549. The van der Waals surface area contributed by atoms with Crippen molar-refractivity contribution >= 4 is 39.9 Å². The Morgan fingerprint density at radius 1 is 0.960 bits per heavy atom. The van der Waals surface area contributed by atoms with Gasteiger partial charge in [-0.1, -0.05) is 36.4 Å². The fraction of sp³-hybridized carbons (Fsp3) is 0.200. The maximum absolute atomic E-state index is 11.6. The van der Waals surface area contributed by atoms with Crippen LogP contribution < -0.4 is 4.74 Å². The van der Waals surface area contributed by atoms with Gasteiger partial charge >= 0.3 is 7.60 Å². The molecule has 0 bridgehead atoms. The first-order chi connectivity index (χ1) is 11.8. The van der Waals surface area contributed by atoms with E-state index in [0.29, 0.717) is 11.3 Å². The van der Waals surface area contributed by atoms with Crippen molar-refractivity contribution in [3.05, 3.63) is 54.1 Å². The highest BCUT2D eigenvalue weighted by molar-refractivity contribution is 7.50. The minimum atomic E-state index is -4.20. The Kier molecular flexibility index (Phi) is 3.73. The fourth-order valence-corrected chi connectivity index (χ4v) is 4.24. The summed E-state index contributed by atoms with van der Waals surface area (Å²) in [4.78, 5) is 19.0. The third-order valence-corrected chi connectivity index (χ3v) is 5.16. The molecule has 0 aromatic heterocycles. The van der Waals surface area contributed by atoms with Crippen LogP contribution in [0.25, 0.3) is 32.3 Å². The number of benzene rings is 4. The fourth-order valence-electron chi connectivity index (χ4n) is 3.56. The van der Waals surface area contributed by atoms with Crippen molar-refractivity contribution in [2.75, 3.05) is 0 Å². The van der Waals surface area contributed by atoms with Crippen LogP contribution >= 0.6 is 7.60 Å². The van der Waals surface area contributed by atoms with Crippen LogP contribution in [0.2, 0.25) is 0 Å². The number of ether oxygens (including phenoxy) is 1. The average Bonchev–Trinajstić information content (AvgIpc) is 2.53. The molecule has 0 aliphatic rings. The summed E-state index contributed by atoms with van der Waals surface area (Å²) in [5.74, 6) is 0.573. The lowest BCUT2D eigenvalue weighted by atomic mass is 9.92. The highest BCUT2D eigenvalue weighted by Crippen LogP contribution is 2.46. The largest absolute Gasteiger partial charge is 0.490 e. The Morgan fingerprint density at radius 2 is 1.60 bits per heavy atom. The minimum Gasteiger partial charge on any atom is -0.490 e. The van der Waals surface area contributed by atoms with Gasteiger partial charge in [-0.05, 0) is 47.5 Å². The highest BCUT2D eigenvalue weighted by Gasteiger charge is 2.22. The van der Waals surface area contributed by atoms with Gasteiger partial charge in [0.2, 0.25) is 0 Å². The zero-order valence-corrected chi connectivity index (χ0v) is 15.0. The number of hydrogen-bond acceptors (Lipinski definition) is 2. The molecule has 0 unspecified atom stereocenters.